The molecule has 3 nitrogen and oxygen atoms in total. The van der Waals surface area contributed by atoms with E-state index in [1.54, 1.807) is 12.1 Å². The van der Waals surface area contributed by atoms with Crippen LogP contribution in [-0.4, -0.2) is 14.9 Å². The van der Waals surface area contributed by atoms with E-state index in [2.05, 4.69) is 30.2 Å². The third kappa shape index (κ3) is 1.95. The molecule has 0 radical (unpaired) electrons. The normalized spacial score (nSPS) is 10.9. The first-order valence-corrected chi connectivity index (χ1v) is 5.92. The van der Waals surface area contributed by atoms with E-state index < -0.39 is 0 Å². The Morgan fingerprint density at radius 1 is 1.17 bits per heavy atom. The number of aromatic hydroxyl groups is 1. The van der Waals surface area contributed by atoms with Crippen LogP contribution in [0.3, 0.4) is 0 Å². The highest BCUT2D eigenvalue weighted by Crippen LogP contribution is 2.20. The van der Waals surface area contributed by atoms with Crippen molar-refractivity contribution in [2.75, 3.05) is 0 Å². The third-order valence-corrected chi connectivity index (χ3v) is 3.04. The summed E-state index contributed by atoms with van der Waals surface area (Å²) in [5, 5.41) is 15.0. The second kappa shape index (κ2) is 4.18. The number of fused-ring (bicyclic) bond motifs is 1. The van der Waals surface area contributed by atoms with E-state index in [0.717, 1.165) is 10.9 Å². The first-order chi connectivity index (χ1) is 8.72. The molecule has 3 rings (SSSR count). The van der Waals surface area contributed by atoms with Crippen LogP contribution in [0.25, 0.3) is 10.9 Å². The van der Waals surface area contributed by atoms with Crippen LogP contribution in [0.5, 0.6) is 5.75 Å². The van der Waals surface area contributed by atoms with Gasteiger partial charge >= 0.3 is 0 Å². The molecule has 1 heterocycles. The van der Waals surface area contributed by atoms with Crippen molar-refractivity contribution >= 4 is 10.9 Å². The highest BCUT2D eigenvalue weighted by molar-refractivity contribution is 5.80. The molecule has 90 valence electrons. The monoisotopic (exact) mass is 238 g/mol. The van der Waals surface area contributed by atoms with Gasteiger partial charge in [0.1, 0.15) is 5.75 Å². The summed E-state index contributed by atoms with van der Waals surface area (Å²) < 4.78 is 1.91. The van der Waals surface area contributed by atoms with Crippen LogP contribution < -0.4 is 0 Å². The minimum Gasteiger partial charge on any atom is -0.508 e. The van der Waals surface area contributed by atoms with Gasteiger partial charge in [-0.25, -0.2) is 0 Å². The summed E-state index contributed by atoms with van der Waals surface area (Å²) in [6.07, 6.45) is 1.82. The van der Waals surface area contributed by atoms with Crippen LogP contribution in [0.4, 0.5) is 0 Å². The zero-order valence-corrected chi connectivity index (χ0v) is 10.2. The van der Waals surface area contributed by atoms with Gasteiger partial charge in [-0.2, -0.15) is 5.10 Å². The average molecular weight is 238 g/mol. The fourth-order valence-electron chi connectivity index (χ4n) is 2.17. The second-order valence-electron chi connectivity index (χ2n) is 4.53. The van der Waals surface area contributed by atoms with Crippen LogP contribution in [0.2, 0.25) is 0 Å². The van der Waals surface area contributed by atoms with Crippen molar-refractivity contribution in [3.63, 3.8) is 0 Å². The Bertz CT molecular complexity index is 701. The Labute approximate surface area is 105 Å². The Hall–Kier alpha value is -2.29. The van der Waals surface area contributed by atoms with Crippen LogP contribution in [0.15, 0.2) is 48.7 Å². The highest BCUT2D eigenvalue weighted by Gasteiger charge is 2.04. The number of hydrogen-bond acceptors (Lipinski definition) is 2. The van der Waals surface area contributed by atoms with Crippen molar-refractivity contribution in [2.24, 2.45) is 0 Å². The Morgan fingerprint density at radius 2 is 2.06 bits per heavy atom. The van der Waals surface area contributed by atoms with Crippen molar-refractivity contribution in [2.45, 2.75) is 13.5 Å². The van der Waals surface area contributed by atoms with E-state index in [0.29, 0.717) is 6.54 Å². The lowest BCUT2D eigenvalue weighted by Gasteiger charge is -2.05. The van der Waals surface area contributed by atoms with E-state index in [1.165, 1.54) is 11.1 Å². The number of nitrogens with zero attached hydrogens (tertiary/aromatic N) is 2. The number of phenols is 1. The molecule has 3 aromatic rings. The molecule has 2 aromatic carbocycles. The van der Waals surface area contributed by atoms with Crippen molar-refractivity contribution in [3.8, 4) is 5.75 Å². The lowest BCUT2D eigenvalue weighted by atomic mass is 10.1. The molecule has 0 spiro atoms. The number of phenolic OH excluding ortho intramolecular Hbond substituents is 1. The van der Waals surface area contributed by atoms with Crippen LogP contribution in [0.1, 0.15) is 11.1 Å². The van der Waals surface area contributed by atoms with Crippen molar-refractivity contribution in [1.82, 2.24) is 9.78 Å². The summed E-state index contributed by atoms with van der Waals surface area (Å²) in [6, 6.07) is 13.7. The fraction of sp³-hybridized carbons (Fsp3) is 0.133. The van der Waals surface area contributed by atoms with E-state index >= 15 is 0 Å². The Morgan fingerprint density at radius 3 is 2.89 bits per heavy atom. The zero-order chi connectivity index (χ0) is 12.5. The largest absolute Gasteiger partial charge is 0.508 e. The minimum absolute atomic E-state index is 0.272. The molecule has 3 heteroatoms. The molecule has 0 aliphatic rings. The molecule has 0 saturated heterocycles. The van der Waals surface area contributed by atoms with Crippen molar-refractivity contribution < 1.29 is 5.11 Å². The average Bonchev–Trinajstić information content (AvgIpc) is 2.72. The van der Waals surface area contributed by atoms with E-state index in [1.807, 2.05) is 23.0 Å². The molecule has 0 fully saturated rings. The predicted molar refractivity (Wildman–Crippen MR) is 71.7 cm³/mol. The Kier molecular flexibility index (Phi) is 2.52. The standard InChI is InChI=1S/C15H14N2O/c1-11-3-2-4-12(7-11)10-17-15-8-14(18)6-5-13(15)9-16-17/h2-9,18H,10H2,1H3. The molecule has 1 aromatic heterocycles. The number of aryl methyl sites for hydroxylation is 1. The van der Waals surface area contributed by atoms with Gasteiger partial charge in [0, 0.05) is 11.5 Å². The maximum atomic E-state index is 9.54. The first kappa shape index (κ1) is 10.8. The maximum Gasteiger partial charge on any atom is 0.117 e. The highest BCUT2D eigenvalue weighted by atomic mass is 16.3. The van der Waals surface area contributed by atoms with Gasteiger partial charge in [-0.05, 0) is 24.6 Å². The molecule has 18 heavy (non-hydrogen) atoms. The molecule has 0 unspecified atom stereocenters. The van der Waals surface area contributed by atoms with E-state index in [9.17, 15) is 5.11 Å². The van der Waals surface area contributed by atoms with Crippen molar-refractivity contribution in [1.29, 1.82) is 0 Å². The fourth-order valence-corrected chi connectivity index (χ4v) is 2.17. The summed E-state index contributed by atoms with van der Waals surface area (Å²) in [6.45, 7) is 2.80. The van der Waals surface area contributed by atoms with Crippen LogP contribution in [0, 0.1) is 6.92 Å². The number of rotatable bonds is 2. The lowest BCUT2D eigenvalue weighted by Crippen LogP contribution is -2.01. The number of benzene rings is 2. The summed E-state index contributed by atoms with van der Waals surface area (Å²) >= 11 is 0. The van der Waals surface area contributed by atoms with Gasteiger partial charge in [0.15, 0.2) is 0 Å². The zero-order valence-electron chi connectivity index (χ0n) is 10.2. The van der Waals surface area contributed by atoms with Gasteiger partial charge in [0.25, 0.3) is 0 Å². The molecule has 0 aliphatic carbocycles. The number of hydrogen-bond donors (Lipinski definition) is 1. The van der Waals surface area contributed by atoms with Gasteiger partial charge in [-0.3, -0.25) is 4.68 Å². The molecule has 0 saturated carbocycles. The smallest absolute Gasteiger partial charge is 0.117 e. The molecule has 0 atom stereocenters. The lowest BCUT2D eigenvalue weighted by molar-refractivity contribution is 0.475. The van der Waals surface area contributed by atoms with Crippen LogP contribution >= 0.6 is 0 Å². The third-order valence-electron chi connectivity index (χ3n) is 3.04. The second-order valence-corrected chi connectivity index (χ2v) is 4.53. The first-order valence-electron chi connectivity index (χ1n) is 5.92. The summed E-state index contributed by atoms with van der Waals surface area (Å²) in [5.74, 6) is 0.272. The molecule has 0 bridgehead atoms. The van der Waals surface area contributed by atoms with Gasteiger partial charge in [0.05, 0.1) is 18.3 Å². The molecular formula is C15H14N2O. The van der Waals surface area contributed by atoms with Gasteiger partial charge in [-0.15, -0.1) is 0 Å². The predicted octanol–water partition coefficient (Wildman–Crippen LogP) is 3.10. The topological polar surface area (TPSA) is 38.0 Å². The van der Waals surface area contributed by atoms with Gasteiger partial charge < -0.3 is 5.11 Å². The minimum atomic E-state index is 0.272. The summed E-state index contributed by atoms with van der Waals surface area (Å²) in [5.41, 5.74) is 3.41. The number of aromatic nitrogens is 2. The van der Waals surface area contributed by atoms with Gasteiger partial charge in [-0.1, -0.05) is 29.8 Å². The maximum absolute atomic E-state index is 9.54. The van der Waals surface area contributed by atoms with E-state index in [4.69, 9.17) is 0 Å². The summed E-state index contributed by atoms with van der Waals surface area (Å²) in [7, 11) is 0. The van der Waals surface area contributed by atoms with Crippen LogP contribution in [-0.2, 0) is 6.54 Å². The molecular weight excluding hydrogens is 224 g/mol. The molecule has 0 amide bonds. The van der Waals surface area contributed by atoms with Gasteiger partial charge in [0.2, 0.25) is 0 Å². The Balaban J connectivity index is 2.02. The quantitative estimate of drug-likeness (QED) is 0.745. The summed E-state index contributed by atoms with van der Waals surface area (Å²) in [4.78, 5) is 0. The SMILES string of the molecule is Cc1cccc(Cn2ncc3ccc(O)cc32)c1. The van der Waals surface area contributed by atoms with Crippen molar-refractivity contribution in [3.05, 3.63) is 59.8 Å². The molecule has 0 aliphatic heterocycles. The van der Waals surface area contributed by atoms with E-state index in [-0.39, 0.29) is 5.75 Å². The molecule has 1 N–H and O–H groups in total.